The lowest BCUT2D eigenvalue weighted by Crippen LogP contribution is -2.45. The van der Waals surface area contributed by atoms with Gasteiger partial charge < -0.3 is 10.1 Å². The van der Waals surface area contributed by atoms with Gasteiger partial charge in [0.2, 0.25) is 5.91 Å². The molecule has 7 nitrogen and oxygen atoms in total. The number of nitrogens with zero attached hydrogens (tertiary/aromatic N) is 1. The maximum Gasteiger partial charge on any atom is 0.326 e. The average Bonchev–Trinajstić information content (AvgIpc) is 2.71. The number of aryl methyl sites for hydroxylation is 2. The number of amides is 3. The van der Waals surface area contributed by atoms with Crippen molar-refractivity contribution in [1.82, 2.24) is 10.2 Å². The number of fused-ring (bicyclic) bond motifs is 1. The number of hydrogen-bond donors (Lipinski definition) is 1. The lowest BCUT2D eigenvalue weighted by atomic mass is 9.98. The van der Waals surface area contributed by atoms with Gasteiger partial charge in [0.05, 0.1) is 12.5 Å². The van der Waals surface area contributed by atoms with Crippen LogP contribution in [0.5, 0.6) is 0 Å². The van der Waals surface area contributed by atoms with Gasteiger partial charge in [0, 0.05) is 5.56 Å². The molecule has 1 aliphatic heterocycles. The summed E-state index contributed by atoms with van der Waals surface area (Å²) in [4.78, 5) is 49.8. The predicted molar refractivity (Wildman–Crippen MR) is 110 cm³/mol. The highest BCUT2D eigenvalue weighted by Crippen LogP contribution is 2.19. The molecule has 0 saturated heterocycles. The van der Waals surface area contributed by atoms with Crippen molar-refractivity contribution in [1.29, 1.82) is 0 Å². The monoisotopic (exact) mass is 408 g/mol. The zero-order valence-electron chi connectivity index (χ0n) is 17.2. The molecule has 1 N–H and O–H groups in total. The number of esters is 1. The molecule has 0 aliphatic carbocycles. The number of imide groups is 1. The molecule has 0 fully saturated rings. The summed E-state index contributed by atoms with van der Waals surface area (Å²) in [6, 6.07) is 12.4. The fraction of sp³-hybridized carbons (Fsp3) is 0.304. The molecular formula is C23H24N2O5. The van der Waals surface area contributed by atoms with Crippen LogP contribution in [0.2, 0.25) is 0 Å². The van der Waals surface area contributed by atoms with E-state index in [9.17, 15) is 19.2 Å². The highest BCUT2D eigenvalue weighted by molar-refractivity contribution is 6.11. The zero-order chi connectivity index (χ0) is 21.8. The van der Waals surface area contributed by atoms with Crippen LogP contribution in [0.1, 0.15) is 45.6 Å². The number of hydrogen-bond acceptors (Lipinski definition) is 5. The maximum absolute atomic E-state index is 12.5. The number of rotatable bonds is 6. The van der Waals surface area contributed by atoms with Crippen LogP contribution in [0, 0.1) is 13.8 Å². The fourth-order valence-electron chi connectivity index (χ4n) is 3.28. The van der Waals surface area contributed by atoms with Crippen LogP contribution in [0.15, 0.2) is 42.5 Å². The van der Waals surface area contributed by atoms with Crippen molar-refractivity contribution in [3.63, 3.8) is 0 Å². The van der Waals surface area contributed by atoms with E-state index in [4.69, 9.17) is 4.74 Å². The predicted octanol–water partition coefficient (Wildman–Crippen LogP) is 2.25. The molecule has 1 aliphatic rings. The minimum atomic E-state index is -0.815. The molecular weight excluding hydrogens is 384 g/mol. The van der Waals surface area contributed by atoms with Gasteiger partial charge in [-0.05, 0) is 49.1 Å². The van der Waals surface area contributed by atoms with E-state index in [1.807, 2.05) is 39.0 Å². The van der Waals surface area contributed by atoms with Crippen molar-refractivity contribution < 1.29 is 23.9 Å². The van der Waals surface area contributed by atoms with E-state index < -0.39 is 36.8 Å². The third-order valence-electron chi connectivity index (χ3n) is 5.20. The lowest BCUT2D eigenvalue weighted by molar-refractivity contribution is -0.151. The Morgan fingerprint density at radius 2 is 1.83 bits per heavy atom. The molecule has 0 saturated carbocycles. The summed E-state index contributed by atoms with van der Waals surface area (Å²) in [5, 5.41) is 2.77. The van der Waals surface area contributed by atoms with Gasteiger partial charge in [-0.1, -0.05) is 36.4 Å². The van der Waals surface area contributed by atoms with Gasteiger partial charge in [0.1, 0.15) is 6.54 Å². The standard InChI is InChI=1S/C23H24N2O5/c1-14-8-9-17(10-15(14)2)16(3)24-20(26)13-30-22(28)12-25-21(27)11-18-6-4-5-7-19(18)23(25)29/h4-10,16H,11-13H2,1-3H3,(H,24,26)/t16-/m1/s1. The average molecular weight is 408 g/mol. The molecule has 3 rings (SSSR count). The van der Waals surface area contributed by atoms with Crippen molar-refractivity contribution in [3.8, 4) is 0 Å². The van der Waals surface area contributed by atoms with Crippen molar-refractivity contribution in [2.75, 3.05) is 13.2 Å². The SMILES string of the molecule is Cc1ccc([C@@H](C)NC(=O)COC(=O)CN2C(=O)Cc3ccccc3C2=O)cc1C. The Labute approximate surface area is 175 Å². The second-order valence-electron chi connectivity index (χ2n) is 7.41. The maximum atomic E-state index is 12.5. The molecule has 7 heteroatoms. The molecule has 0 bridgehead atoms. The van der Waals surface area contributed by atoms with Crippen molar-refractivity contribution >= 4 is 23.7 Å². The van der Waals surface area contributed by atoms with Crippen LogP contribution in [-0.2, 0) is 25.5 Å². The van der Waals surface area contributed by atoms with Gasteiger partial charge in [-0.3, -0.25) is 24.1 Å². The number of benzene rings is 2. The molecule has 0 radical (unpaired) electrons. The van der Waals surface area contributed by atoms with Crippen molar-refractivity contribution in [2.24, 2.45) is 0 Å². The Bertz CT molecular complexity index is 1010. The highest BCUT2D eigenvalue weighted by Gasteiger charge is 2.32. The van der Waals surface area contributed by atoms with E-state index in [1.54, 1.807) is 24.3 Å². The Hall–Kier alpha value is -3.48. The number of carbonyl (C=O) groups excluding carboxylic acids is 4. The first kappa shape index (κ1) is 21.2. The number of ether oxygens (including phenoxy) is 1. The summed E-state index contributed by atoms with van der Waals surface area (Å²) in [6.07, 6.45) is 0.0448. The van der Waals surface area contributed by atoms with Crippen LogP contribution in [0.3, 0.4) is 0 Å². The molecule has 1 heterocycles. The second-order valence-corrected chi connectivity index (χ2v) is 7.41. The van der Waals surface area contributed by atoms with E-state index in [0.717, 1.165) is 21.6 Å². The van der Waals surface area contributed by atoms with E-state index in [0.29, 0.717) is 11.1 Å². The van der Waals surface area contributed by atoms with E-state index >= 15 is 0 Å². The minimum Gasteiger partial charge on any atom is -0.454 e. The molecule has 1 atom stereocenters. The summed E-state index contributed by atoms with van der Waals surface area (Å²) in [6.45, 7) is 4.84. The summed E-state index contributed by atoms with van der Waals surface area (Å²) in [5.74, 6) is -2.28. The summed E-state index contributed by atoms with van der Waals surface area (Å²) in [7, 11) is 0. The van der Waals surface area contributed by atoms with Gasteiger partial charge in [0.15, 0.2) is 6.61 Å². The molecule has 0 unspecified atom stereocenters. The summed E-state index contributed by atoms with van der Waals surface area (Å²) in [5.41, 5.74) is 4.26. The van der Waals surface area contributed by atoms with E-state index in [1.165, 1.54) is 0 Å². The summed E-state index contributed by atoms with van der Waals surface area (Å²) >= 11 is 0. The fourth-order valence-corrected chi connectivity index (χ4v) is 3.28. The molecule has 2 aromatic rings. The Kier molecular flexibility index (Phi) is 6.30. The van der Waals surface area contributed by atoms with Crippen molar-refractivity contribution in [2.45, 2.75) is 33.2 Å². The molecule has 156 valence electrons. The first-order chi connectivity index (χ1) is 14.3. The minimum absolute atomic E-state index is 0.0448. The van der Waals surface area contributed by atoms with Crippen LogP contribution >= 0.6 is 0 Å². The van der Waals surface area contributed by atoms with Gasteiger partial charge >= 0.3 is 5.97 Å². The van der Waals surface area contributed by atoms with Gasteiger partial charge in [-0.15, -0.1) is 0 Å². The molecule has 30 heavy (non-hydrogen) atoms. The normalized spacial score (nSPS) is 14.2. The molecule has 0 spiro atoms. The van der Waals surface area contributed by atoms with E-state index in [-0.39, 0.29) is 12.5 Å². The van der Waals surface area contributed by atoms with Gasteiger partial charge in [-0.25, -0.2) is 0 Å². The lowest BCUT2D eigenvalue weighted by Gasteiger charge is -2.25. The van der Waals surface area contributed by atoms with Crippen LogP contribution < -0.4 is 5.32 Å². The first-order valence-corrected chi connectivity index (χ1v) is 9.71. The van der Waals surface area contributed by atoms with Gasteiger partial charge in [0.25, 0.3) is 11.8 Å². The molecule has 0 aromatic heterocycles. The number of carbonyl (C=O) groups is 4. The molecule has 2 aromatic carbocycles. The zero-order valence-corrected chi connectivity index (χ0v) is 17.2. The van der Waals surface area contributed by atoms with Crippen LogP contribution in [0.25, 0.3) is 0 Å². The highest BCUT2D eigenvalue weighted by atomic mass is 16.5. The quantitative estimate of drug-likeness (QED) is 0.585. The third kappa shape index (κ3) is 4.74. The third-order valence-corrected chi connectivity index (χ3v) is 5.20. The van der Waals surface area contributed by atoms with Crippen LogP contribution in [0.4, 0.5) is 0 Å². The molecule has 3 amide bonds. The number of nitrogens with one attached hydrogen (secondary N) is 1. The topological polar surface area (TPSA) is 92.8 Å². The van der Waals surface area contributed by atoms with Gasteiger partial charge in [-0.2, -0.15) is 0 Å². The Morgan fingerprint density at radius 3 is 2.57 bits per heavy atom. The Balaban J connectivity index is 1.52. The second kappa shape index (κ2) is 8.90. The smallest absolute Gasteiger partial charge is 0.326 e. The summed E-state index contributed by atoms with van der Waals surface area (Å²) < 4.78 is 4.97. The van der Waals surface area contributed by atoms with Crippen molar-refractivity contribution in [3.05, 3.63) is 70.3 Å². The Morgan fingerprint density at radius 1 is 1.10 bits per heavy atom. The van der Waals surface area contributed by atoms with E-state index in [2.05, 4.69) is 5.32 Å². The first-order valence-electron chi connectivity index (χ1n) is 9.71. The van der Waals surface area contributed by atoms with Crippen LogP contribution in [-0.4, -0.2) is 41.7 Å². The largest absolute Gasteiger partial charge is 0.454 e.